The van der Waals surface area contributed by atoms with E-state index in [9.17, 15) is 0 Å². The molecule has 0 bridgehead atoms. The zero-order valence-electron chi connectivity index (χ0n) is 19.2. The number of ether oxygens (including phenoxy) is 3. The first-order chi connectivity index (χ1) is 16.8. The highest BCUT2D eigenvalue weighted by Crippen LogP contribution is 2.25. The van der Waals surface area contributed by atoms with Gasteiger partial charge in [0, 0.05) is 4.47 Å². The predicted molar refractivity (Wildman–Crippen MR) is 139 cm³/mol. The maximum atomic E-state index is 6.13. The Bertz CT molecular complexity index is 1070. The summed E-state index contributed by atoms with van der Waals surface area (Å²) in [5, 5.41) is 0. The maximum Gasteiger partial charge on any atom is 0.0728 e. The van der Waals surface area contributed by atoms with Crippen LogP contribution in [0.4, 0.5) is 0 Å². The number of benzene rings is 4. The summed E-state index contributed by atoms with van der Waals surface area (Å²) in [5.41, 5.74) is 6.81. The molecule has 0 fully saturated rings. The minimum atomic E-state index is 0.496. The summed E-state index contributed by atoms with van der Waals surface area (Å²) in [5.74, 6) is 0. The molecule has 4 rings (SSSR count). The summed E-state index contributed by atoms with van der Waals surface area (Å²) in [6, 6.07) is 34.9. The molecule has 34 heavy (non-hydrogen) atoms. The van der Waals surface area contributed by atoms with Crippen molar-refractivity contribution in [1.82, 2.24) is 0 Å². The molecule has 0 aliphatic carbocycles. The predicted octanol–water partition coefficient (Wildman–Crippen LogP) is 7.60. The lowest BCUT2D eigenvalue weighted by Gasteiger charge is -2.17. The fourth-order valence-corrected chi connectivity index (χ4v) is 4.30. The monoisotopic (exact) mass is 516 g/mol. The van der Waals surface area contributed by atoms with Gasteiger partial charge in [-0.1, -0.05) is 107 Å². The van der Waals surface area contributed by atoms with Crippen LogP contribution >= 0.6 is 15.9 Å². The van der Waals surface area contributed by atoms with Crippen LogP contribution in [0.2, 0.25) is 0 Å². The van der Waals surface area contributed by atoms with E-state index in [1.165, 1.54) is 0 Å². The fraction of sp³-hybridized carbons (Fsp3) is 0.200. The third-order valence-corrected chi connectivity index (χ3v) is 5.95. The van der Waals surface area contributed by atoms with E-state index in [-0.39, 0.29) is 0 Å². The molecule has 0 saturated carbocycles. The number of hydrogen-bond acceptors (Lipinski definition) is 3. The Kier molecular flexibility index (Phi) is 9.47. The lowest BCUT2D eigenvalue weighted by molar-refractivity contribution is 0.0857. The SMILES string of the molecule is Brc1cc(COCc2ccccc2)c(COCc2ccccc2)c(COCc2ccccc2)c1. The van der Waals surface area contributed by atoms with Crippen molar-refractivity contribution in [2.45, 2.75) is 39.6 Å². The van der Waals surface area contributed by atoms with Crippen molar-refractivity contribution in [3.63, 3.8) is 0 Å². The third-order valence-electron chi connectivity index (χ3n) is 5.50. The first-order valence-corrected chi connectivity index (χ1v) is 12.2. The Morgan fingerprint density at radius 1 is 0.441 bits per heavy atom. The van der Waals surface area contributed by atoms with Gasteiger partial charge in [0.05, 0.1) is 39.6 Å². The highest BCUT2D eigenvalue weighted by Gasteiger charge is 2.12. The normalized spacial score (nSPS) is 11.0. The van der Waals surface area contributed by atoms with Gasteiger partial charge >= 0.3 is 0 Å². The van der Waals surface area contributed by atoms with Crippen molar-refractivity contribution in [3.05, 3.63) is 141 Å². The Labute approximate surface area is 210 Å². The lowest BCUT2D eigenvalue weighted by Crippen LogP contribution is -2.07. The summed E-state index contributed by atoms with van der Waals surface area (Å²) < 4.78 is 19.3. The van der Waals surface area contributed by atoms with Gasteiger partial charge in [0.25, 0.3) is 0 Å². The van der Waals surface area contributed by atoms with E-state index >= 15 is 0 Å². The second-order valence-electron chi connectivity index (χ2n) is 8.14. The fourth-order valence-electron chi connectivity index (χ4n) is 3.75. The van der Waals surface area contributed by atoms with Crippen molar-refractivity contribution in [2.75, 3.05) is 0 Å². The molecule has 0 amide bonds. The molecule has 4 aromatic carbocycles. The summed E-state index contributed by atoms with van der Waals surface area (Å²) in [6.45, 7) is 3.20. The Morgan fingerprint density at radius 3 is 1.18 bits per heavy atom. The molecule has 0 aliphatic heterocycles. The maximum absolute atomic E-state index is 6.13. The standard InChI is InChI=1S/C30H29BrO3/c31-29-16-27(21-32-18-24-10-4-1-5-11-24)30(23-34-20-26-14-8-3-9-15-26)28(17-29)22-33-19-25-12-6-2-7-13-25/h1-17H,18-23H2. The van der Waals surface area contributed by atoms with Gasteiger partial charge in [-0.25, -0.2) is 0 Å². The molecule has 4 aromatic rings. The van der Waals surface area contributed by atoms with Crippen LogP contribution in [0.25, 0.3) is 0 Å². The van der Waals surface area contributed by atoms with E-state index in [1.54, 1.807) is 0 Å². The largest absolute Gasteiger partial charge is 0.372 e. The first-order valence-electron chi connectivity index (χ1n) is 11.4. The van der Waals surface area contributed by atoms with Crippen LogP contribution < -0.4 is 0 Å². The van der Waals surface area contributed by atoms with E-state index in [0.717, 1.165) is 37.9 Å². The van der Waals surface area contributed by atoms with Gasteiger partial charge in [0.2, 0.25) is 0 Å². The van der Waals surface area contributed by atoms with E-state index in [2.05, 4.69) is 64.5 Å². The number of halogens is 1. The average Bonchev–Trinajstić information content (AvgIpc) is 2.87. The van der Waals surface area contributed by atoms with Crippen LogP contribution in [-0.2, 0) is 53.9 Å². The summed E-state index contributed by atoms with van der Waals surface area (Å²) in [6.07, 6.45) is 0. The molecule has 0 heterocycles. The summed E-state index contributed by atoms with van der Waals surface area (Å²) in [4.78, 5) is 0. The van der Waals surface area contributed by atoms with E-state index in [4.69, 9.17) is 14.2 Å². The third kappa shape index (κ3) is 7.64. The molecule has 0 aliphatic rings. The van der Waals surface area contributed by atoms with Crippen LogP contribution in [0.5, 0.6) is 0 Å². The molecule has 0 atom stereocenters. The van der Waals surface area contributed by atoms with Crippen LogP contribution in [0.1, 0.15) is 33.4 Å². The van der Waals surface area contributed by atoms with Gasteiger partial charge in [-0.3, -0.25) is 0 Å². The second-order valence-corrected chi connectivity index (χ2v) is 9.05. The Morgan fingerprint density at radius 2 is 0.794 bits per heavy atom. The van der Waals surface area contributed by atoms with Gasteiger partial charge in [0.15, 0.2) is 0 Å². The zero-order valence-corrected chi connectivity index (χ0v) is 20.7. The molecule has 0 aromatic heterocycles. The topological polar surface area (TPSA) is 27.7 Å². The quantitative estimate of drug-likeness (QED) is 0.194. The second kappa shape index (κ2) is 13.2. The van der Waals surface area contributed by atoms with E-state index < -0.39 is 0 Å². The van der Waals surface area contributed by atoms with Crippen molar-refractivity contribution in [2.24, 2.45) is 0 Å². The summed E-state index contributed by atoms with van der Waals surface area (Å²) in [7, 11) is 0. The smallest absolute Gasteiger partial charge is 0.0728 e. The average molecular weight is 517 g/mol. The molecule has 174 valence electrons. The highest BCUT2D eigenvalue weighted by atomic mass is 79.9. The molecule has 0 unspecified atom stereocenters. The van der Waals surface area contributed by atoms with Gasteiger partial charge < -0.3 is 14.2 Å². The van der Waals surface area contributed by atoms with Gasteiger partial charge in [-0.05, 0) is 45.5 Å². The van der Waals surface area contributed by atoms with Gasteiger partial charge in [-0.2, -0.15) is 0 Å². The molecule has 0 radical (unpaired) electrons. The highest BCUT2D eigenvalue weighted by molar-refractivity contribution is 9.10. The van der Waals surface area contributed by atoms with E-state index in [0.29, 0.717) is 39.6 Å². The lowest BCUT2D eigenvalue weighted by atomic mass is 10.0. The molecule has 4 heteroatoms. The molecule has 3 nitrogen and oxygen atoms in total. The van der Waals surface area contributed by atoms with Crippen LogP contribution in [-0.4, -0.2) is 0 Å². The number of rotatable bonds is 12. The van der Waals surface area contributed by atoms with Crippen LogP contribution in [0.3, 0.4) is 0 Å². The van der Waals surface area contributed by atoms with E-state index in [1.807, 2.05) is 54.6 Å². The molecule has 0 saturated heterocycles. The van der Waals surface area contributed by atoms with Gasteiger partial charge in [-0.15, -0.1) is 0 Å². The Hall–Kier alpha value is -2.76. The van der Waals surface area contributed by atoms with Crippen molar-refractivity contribution in [1.29, 1.82) is 0 Å². The molecule has 0 N–H and O–H groups in total. The molecular formula is C30H29BrO3. The first kappa shape index (κ1) is 24.4. The van der Waals surface area contributed by atoms with Crippen molar-refractivity contribution >= 4 is 15.9 Å². The molecule has 0 spiro atoms. The number of hydrogen-bond donors (Lipinski definition) is 0. The van der Waals surface area contributed by atoms with Crippen molar-refractivity contribution < 1.29 is 14.2 Å². The van der Waals surface area contributed by atoms with Crippen LogP contribution in [0.15, 0.2) is 108 Å². The zero-order chi connectivity index (χ0) is 23.4. The Balaban J connectivity index is 1.46. The van der Waals surface area contributed by atoms with Crippen molar-refractivity contribution in [3.8, 4) is 0 Å². The van der Waals surface area contributed by atoms with Gasteiger partial charge in [0.1, 0.15) is 0 Å². The minimum Gasteiger partial charge on any atom is -0.372 e. The molecular weight excluding hydrogens is 488 g/mol. The minimum absolute atomic E-state index is 0.496. The summed E-state index contributed by atoms with van der Waals surface area (Å²) >= 11 is 3.67. The van der Waals surface area contributed by atoms with Crippen LogP contribution in [0, 0.1) is 0 Å².